The van der Waals surface area contributed by atoms with Crippen LogP contribution in [0.4, 0.5) is 4.79 Å². The number of amides is 1. The summed E-state index contributed by atoms with van der Waals surface area (Å²) in [6, 6.07) is 2.10. The van der Waals surface area contributed by atoms with E-state index in [1.165, 1.54) is 6.20 Å². The average molecular weight is 370 g/mol. The molecule has 8 nitrogen and oxygen atoms in total. The summed E-state index contributed by atoms with van der Waals surface area (Å²) in [5.41, 5.74) is 1.58. The van der Waals surface area contributed by atoms with Crippen LogP contribution in [-0.2, 0) is 4.74 Å². The number of alkyl carbamates (subject to hydrolysis) is 1. The summed E-state index contributed by atoms with van der Waals surface area (Å²) in [5.74, 6) is 0.587. The van der Waals surface area contributed by atoms with E-state index in [9.17, 15) is 4.79 Å². The third-order valence-corrected chi connectivity index (χ3v) is 5.97. The van der Waals surface area contributed by atoms with Crippen molar-refractivity contribution < 1.29 is 9.53 Å². The van der Waals surface area contributed by atoms with E-state index >= 15 is 0 Å². The Morgan fingerprint density at radius 2 is 2.26 bits per heavy atom. The molecule has 2 aromatic rings. The molecule has 0 radical (unpaired) electrons. The Labute approximate surface area is 157 Å². The minimum absolute atomic E-state index is 0.0499. The number of aromatic amines is 1. The Hall–Kier alpha value is -2.64. The minimum Gasteiger partial charge on any atom is -0.446 e. The van der Waals surface area contributed by atoms with Crippen molar-refractivity contribution in [3.05, 3.63) is 23.9 Å². The third kappa shape index (κ3) is 3.36. The van der Waals surface area contributed by atoms with Gasteiger partial charge in [0.2, 0.25) is 0 Å². The van der Waals surface area contributed by atoms with E-state index in [1.807, 2.05) is 6.07 Å². The van der Waals surface area contributed by atoms with E-state index in [-0.39, 0.29) is 35.6 Å². The lowest BCUT2D eigenvalue weighted by atomic mass is 9.92. The van der Waals surface area contributed by atoms with Gasteiger partial charge in [-0.15, -0.1) is 0 Å². The maximum atomic E-state index is 12.1. The van der Waals surface area contributed by atoms with Crippen LogP contribution < -0.4 is 10.8 Å². The van der Waals surface area contributed by atoms with Crippen molar-refractivity contribution in [2.45, 2.75) is 57.6 Å². The van der Waals surface area contributed by atoms with E-state index in [0.29, 0.717) is 17.9 Å². The Bertz CT molecular complexity index is 912. The van der Waals surface area contributed by atoms with Crippen LogP contribution in [0.25, 0.3) is 11.2 Å². The van der Waals surface area contributed by atoms with Crippen molar-refractivity contribution in [1.82, 2.24) is 19.9 Å². The van der Waals surface area contributed by atoms with E-state index in [2.05, 4.69) is 22.2 Å². The number of aromatic nitrogens is 3. The highest BCUT2D eigenvalue weighted by molar-refractivity contribution is 5.91. The number of nitrogens with zero attached hydrogens (tertiary/aromatic N) is 2. The zero-order chi connectivity index (χ0) is 19.0. The molecule has 0 bridgehead atoms. The molecule has 0 aromatic carbocycles. The molecule has 2 aliphatic rings. The van der Waals surface area contributed by atoms with Gasteiger partial charge in [-0.2, -0.15) is 0 Å². The first-order valence-corrected chi connectivity index (χ1v) is 9.72. The molecule has 2 aliphatic carbocycles. The largest absolute Gasteiger partial charge is 0.446 e. The number of rotatable bonds is 4. The molecule has 2 saturated carbocycles. The zero-order valence-corrected chi connectivity index (χ0v) is 15.5. The Kier molecular flexibility index (Phi) is 4.72. The molecule has 0 spiro atoms. The summed E-state index contributed by atoms with van der Waals surface area (Å²) in [5, 5.41) is 19.9. The molecule has 2 fully saturated rings. The number of H-pyrrole nitrogens is 1. The van der Waals surface area contributed by atoms with Crippen molar-refractivity contribution in [3.63, 3.8) is 0 Å². The Morgan fingerprint density at radius 3 is 2.96 bits per heavy atom. The molecule has 144 valence electrons. The van der Waals surface area contributed by atoms with Crippen LogP contribution in [0.1, 0.15) is 45.4 Å². The van der Waals surface area contributed by atoms with Crippen molar-refractivity contribution >= 4 is 23.1 Å². The van der Waals surface area contributed by atoms with Crippen LogP contribution in [0.3, 0.4) is 0 Å². The number of hydrogen-bond acceptors (Lipinski definition) is 5. The van der Waals surface area contributed by atoms with Gasteiger partial charge in [0.15, 0.2) is 5.65 Å². The maximum absolute atomic E-state index is 12.1. The molecule has 27 heavy (non-hydrogen) atoms. The number of nitrogens with one attached hydrogen (secondary N) is 4. The van der Waals surface area contributed by atoms with Crippen LogP contribution in [0.5, 0.6) is 0 Å². The monoisotopic (exact) mass is 370 g/mol. The first-order chi connectivity index (χ1) is 13.1. The summed E-state index contributed by atoms with van der Waals surface area (Å²) in [4.78, 5) is 19.3. The number of carbonyl (C=O) groups excluding carboxylic acids is 1. The van der Waals surface area contributed by atoms with Crippen molar-refractivity contribution in [2.75, 3.05) is 0 Å². The second kappa shape index (κ2) is 7.17. The molecule has 4 N–H and O–H groups in total. The smallest absolute Gasteiger partial charge is 0.407 e. The maximum Gasteiger partial charge on any atom is 0.407 e. The van der Waals surface area contributed by atoms with Crippen LogP contribution in [0.2, 0.25) is 0 Å². The molecule has 3 atom stereocenters. The van der Waals surface area contributed by atoms with Crippen LogP contribution in [-0.4, -0.2) is 38.6 Å². The highest BCUT2D eigenvalue weighted by atomic mass is 16.6. The fourth-order valence-corrected chi connectivity index (χ4v) is 4.24. The van der Waals surface area contributed by atoms with Crippen LogP contribution in [0.15, 0.2) is 18.5 Å². The van der Waals surface area contributed by atoms with Gasteiger partial charge in [0.25, 0.3) is 0 Å². The number of ether oxygens (including phenoxy) is 1. The van der Waals surface area contributed by atoms with Crippen molar-refractivity contribution in [3.8, 4) is 0 Å². The molecule has 0 saturated heterocycles. The second-order valence-electron chi connectivity index (χ2n) is 7.62. The zero-order valence-electron chi connectivity index (χ0n) is 15.5. The van der Waals surface area contributed by atoms with Crippen molar-refractivity contribution in [1.29, 1.82) is 10.8 Å². The lowest BCUT2D eigenvalue weighted by Crippen LogP contribution is -2.41. The highest BCUT2D eigenvalue weighted by Gasteiger charge is 2.39. The quantitative estimate of drug-likeness (QED) is 0.489. The van der Waals surface area contributed by atoms with Crippen LogP contribution >= 0.6 is 0 Å². The second-order valence-corrected chi connectivity index (χ2v) is 7.62. The highest BCUT2D eigenvalue weighted by Crippen LogP contribution is 2.37. The summed E-state index contributed by atoms with van der Waals surface area (Å²) >= 11 is 0. The number of carbonyl (C=O) groups is 1. The lowest BCUT2D eigenvalue weighted by molar-refractivity contribution is 0.0913. The average Bonchev–Trinajstić information content (AvgIpc) is 3.24. The van der Waals surface area contributed by atoms with E-state index in [4.69, 9.17) is 15.6 Å². The Morgan fingerprint density at radius 1 is 1.44 bits per heavy atom. The standard InChI is InChI=1S/C19H26N6O2/c1-2-11-8-13(27-19(26)24-12-4-3-5-12)9-14(11)17(21)25-15-6-7-22-18(15)23-10-16(25)20/h6-7,10-14,20-22H,2-5,8-9H2,1H3,(H,24,26)/t11-,13+,14+/m1/s1. The normalized spacial score (nSPS) is 25.3. The van der Waals surface area contributed by atoms with Gasteiger partial charge in [0.1, 0.15) is 17.4 Å². The van der Waals surface area contributed by atoms with Gasteiger partial charge in [-0.3, -0.25) is 15.4 Å². The third-order valence-electron chi connectivity index (χ3n) is 5.97. The molecule has 8 heteroatoms. The van der Waals surface area contributed by atoms with Gasteiger partial charge in [-0.25, -0.2) is 9.78 Å². The summed E-state index contributed by atoms with van der Waals surface area (Å²) in [7, 11) is 0. The fourth-order valence-electron chi connectivity index (χ4n) is 4.24. The van der Waals surface area contributed by atoms with Crippen molar-refractivity contribution in [2.24, 2.45) is 11.8 Å². The lowest BCUT2D eigenvalue weighted by Gasteiger charge is -2.26. The summed E-state index contributed by atoms with van der Waals surface area (Å²) in [6.45, 7) is 2.10. The first kappa shape index (κ1) is 17.8. The van der Waals surface area contributed by atoms with E-state index in [1.54, 1.807) is 10.8 Å². The minimum atomic E-state index is -0.336. The predicted octanol–water partition coefficient (Wildman–Crippen LogP) is 2.75. The molecular weight excluding hydrogens is 344 g/mol. The van der Waals surface area contributed by atoms with Gasteiger partial charge >= 0.3 is 6.09 Å². The molecule has 2 heterocycles. The molecule has 4 rings (SSSR count). The molecule has 1 amide bonds. The van der Waals surface area contributed by atoms with Gasteiger partial charge in [0.05, 0.1) is 11.7 Å². The van der Waals surface area contributed by atoms with Gasteiger partial charge in [0, 0.05) is 18.2 Å². The summed E-state index contributed by atoms with van der Waals surface area (Å²) < 4.78 is 7.29. The first-order valence-electron chi connectivity index (χ1n) is 9.72. The molecular formula is C19H26N6O2. The van der Waals surface area contributed by atoms with Gasteiger partial charge in [-0.1, -0.05) is 13.3 Å². The van der Waals surface area contributed by atoms with Gasteiger partial charge in [-0.05, 0) is 44.1 Å². The summed E-state index contributed by atoms with van der Waals surface area (Å²) in [6.07, 6.45) is 8.23. The van der Waals surface area contributed by atoms with E-state index in [0.717, 1.165) is 37.6 Å². The number of hydrogen-bond donors (Lipinski definition) is 4. The Balaban J connectivity index is 1.50. The molecule has 0 aliphatic heterocycles. The molecule has 2 aromatic heterocycles. The number of fused-ring (bicyclic) bond motifs is 1. The fraction of sp³-hybridized carbons (Fsp3) is 0.579. The van der Waals surface area contributed by atoms with Crippen LogP contribution in [0, 0.1) is 22.7 Å². The van der Waals surface area contributed by atoms with E-state index < -0.39 is 0 Å². The topological polar surface area (TPSA) is 120 Å². The predicted molar refractivity (Wildman–Crippen MR) is 101 cm³/mol. The van der Waals surface area contributed by atoms with Gasteiger partial charge < -0.3 is 15.0 Å². The molecule has 0 unspecified atom stereocenters. The SMILES string of the molecule is CC[C@@H]1C[C@H](OC(=O)NC2CCC2)C[C@@H]1C(=N)n1c(=N)cnc2[nH]ccc21.